The van der Waals surface area contributed by atoms with Crippen LogP contribution in [0.2, 0.25) is 0 Å². The molecule has 170 valence electrons. The van der Waals surface area contributed by atoms with Gasteiger partial charge in [0, 0.05) is 0 Å². The van der Waals surface area contributed by atoms with Gasteiger partial charge in [-0.15, -0.1) is 0 Å². The van der Waals surface area contributed by atoms with Crippen molar-refractivity contribution in [3.05, 3.63) is 144 Å². The van der Waals surface area contributed by atoms with E-state index in [1.165, 1.54) is 0 Å². The third-order valence-electron chi connectivity index (χ3n) is 5.96. The minimum absolute atomic E-state index is 0.149. The van der Waals surface area contributed by atoms with Crippen LogP contribution in [0.15, 0.2) is 121 Å². The van der Waals surface area contributed by atoms with Crippen molar-refractivity contribution in [1.29, 1.82) is 0 Å². The van der Waals surface area contributed by atoms with Gasteiger partial charge < -0.3 is 14.2 Å². The Hall–Kier alpha value is -3.73. The third kappa shape index (κ3) is 4.93. The number of carbonyl (C=O) groups is 1. The van der Waals surface area contributed by atoms with Crippen LogP contribution >= 0.6 is 0 Å². The average Bonchev–Trinajstić information content (AvgIpc) is 3.26. The molecule has 4 nitrogen and oxygen atoms in total. The topological polar surface area (TPSA) is 44.8 Å². The molecule has 0 unspecified atom stereocenters. The molecule has 1 aliphatic rings. The highest BCUT2D eigenvalue weighted by atomic mass is 16.6. The largest absolute Gasteiger partial charge is 0.461 e. The van der Waals surface area contributed by atoms with Crippen molar-refractivity contribution in [2.75, 3.05) is 6.61 Å². The Labute approximate surface area is 199 Å². The minimum Gasteiger partial charge on any atom is -0.461 e. The van der Waals surface area contributed by atoms with Crippen LogP contribution in [0.5, 0.6) is 0 Å². The second kappa shape index (κ2) is 10.5. The summed E-state index contributed by atoms with van der Waals surface area (Å²) in [6.45, 7) is 0.149. The number of hydrogen-bond acceptors (Lipinski definition) is 4. The van der Waals surface area contributed by atoms with E-state index in [1.807, 2.05) is 121 Å². The van der Waals surface area contributed by atoms with Gasteiger partial charge in [-0.25, -0.2) is 4.79 Å². The molecule has 1 fully saturated rings. The van der Waals surface area contributed by atoms with Crippen molar-refractivity contribution < 1.29 is 19.0 Å². The van der Waals surface area contributed by atoms with Gasteiger partial charge in [-0.3, -0.25) is 0 Å². The van der Waals surface area contributed by atoms with Crippen LogP contribution in [0, 0.1) is 0 Å². The molecule has 5 rings (SSSR count). The molecule has 0 radical (unpaired) electrons. The first-order chi connectivity index (χ1) is 16.8. The Morgan fingerprint density at radius 1 is 0.559 bits per heavy atom. The lowest BCUT2D eigenvalue weighted by molar-refractivity contribution is -0.152. The van der Waals surface area contributed by atoms with Crippen molar-refractivity contribution >= 4 is 5.97 Å². The molecule has 0 N–H and O–H groups in total. The summed E-state index contributed by atoms with van der Waals surface area (Å²) in [4.78, 5) is 12.8. The number of benzene rings is 4. The van der Waals surface area contributed by atoms with Crippen LogP contribution < -0.4 is 0 Å². The van der Waals surface area contributed by atoms with Crippen LogP contribution in [0.1, 0.15) is 34.5 Å². The quantitative estimate of drug-likeness (QED) is 0.314. The van der Waals surface area contributed by atoms with Crippen LogP contribution in [0.3, 0.4) is 0 Å². The molecule has 1 heterocycles. The molecule has 1 saturated heterocycles. The van der Waals surface area contributed by atoms with E-state index in [-0.39, 0.29) is 12.7 Å². The van der Waals surface area contributed by atoms with Crippen molar-refractivity contribution in [2.24, 2.45) is 0 Å². The Kier molecular flexibility index (Phi) is 6.80. The van der Waals surface area contributed by atoms with Gasteiger partial charge in [0.2, 0.25) is 0 Å². The molecule has 0 amide bonds. The summed E-state index contributed by atoms with van der Waals surface area (Å²) in [6, 6.07) is 39.8. The summed E-state index contributed by atoms with van der Waals surface area (Å²) in [5.41, 5.74) is 3.95. The zero-order valence-electron chi connectivity index (χ0n) is 18.7. The van der Waals surface area contributed by atoms with E-state index in [1.54, 1.807) is 0 Å². The second-order valence-electron chi connectivity index (χ2n) is 8.26. The van der Waals surface area contributed by atoms with Gasteiger partial charge in [0.05, 0.1) is 0 Å². The summed E-state index contributed by atoms with van der Waals surface area (Å²) in [7, 11) is 0. The number of carbonyl (C=O) groups excluding carboxylic acids is 1. The monoisotopic (exact) mass is 450 g/mol. The Morgan fingerprint density at radius 2 is 0.912 bits per heavy atom. The van der Waals surface area contributed by atoms with Gasteiger partial charge >= 0.3 is 5.97 Å². The van der Waals surface area contributed by atoms with E-state index in [2.05, 4.69) is 0 Å². The second-order valence-corrected chi connectivity index (χ2v) is 8.26. The zero-order valence-corrected chi connectivity index (χ0v) is 18.7. The molecule has 4 aromatic rings. The minimum atomic E-state index is -0.847. The normalized spacial score (nSPS) is 17.8. The molecule has 0 saturated carbocycles. The lowest BCUT2D eigenvalue weighted by atomic mass is 10.00. The van der Waals surface area contributed by atoms with E-state index >= 15 is 0 Å². The van der Waals surface area contributed by atoms with Gasteiger partial charge in [0.1, 0.15) is 24.9 Å². The first kappa shape index (κ1) is 22.1. The molecular weight excluding hydrogens is 424 g/mol. The molecule has 1 aliphatic heterocycles. The molecule has 0 spiro atoms. The molecule has 0 aliphatic carbocycles. The van der Waals surface area contributed by atoms with Crippen LogP contribution in [0.4, 0.5) is 0 Å². The molecule has 0 bridgehead atoms. The third-order valence-corrected chi connectivity index (χ3v) is 5.96. The van der Waals surface area contributed by atoms with Gasteiger partial charge in [0.15, 0.2) is 6.10 Å². The summed E-state index contributed by atoms with van der Waals surface area (Å²) < 4.78 is 18.5. The number of ether oxygens (including phenoxy) is 3. The molecule has 4 aromatic carbocycles. The van der Waals surface area contributed by atoms with Crippen LogP contribution in [0.25, 0.3) is 0 Å². The highest BCUT2D eigenvalue weighted by Crippen LogP contribution is 2.34. The van der Waals surface area contributed by atoms with Gasteiger partial charge in [-0.2, -0.15) is 0 Å². The maximum absolute atomic E-state index is 12.8. The lowest BCUT2D eigenvalue weighted by Crippen LogP contribution is -2.35. The fourth-order valence-electron chi connectivity index (χ4n) is 4.27. The van der Waals surface area contributed by atoms with Crippen molar-refractivity contribution in [1.82, 2.24) is 0 Å². The van der Waals surface area contributed by atoms with E-state index < -0.39 is 24.3 Å². The standard InChI is InChI=1S/C30H26O4/c31-30-29(34-28(24-17-9-3-10-18-24)25-19-11-4-12-20-25)26(21-32-30)33-27(22-13-5-1-6-14-22)23-15-7-2-8-16-23/h1-20,26-29H,21H2/t26-,29+/m0/s1. The highest BCUT2D eigenvalue weighted by Gasteiger charge is 2.42. The predicted octanol–water partition coefficient (Wildman–Crippen LogP) is 5.89. The number of esters is 1. The molecule has 34 heavy (non-hydrogen) atoms. The fourth-order valence-corrected chi connectivity index (χ4v) is 4.27. The molecule has 0 aromatic heterocycles. The Bertz CT molecular complexity index is 1100. The first-order valence-electron chi connectivity index (χ1n) is 11.5. The lowest BCUT2D eigenvalue weighted by Gasteiger charge is -2.27. The Morgan fingerprint density at radius 3 is 1.29 bits per heavy atom. The van der Waals surface area contributed by atoms with Crippen LogP contribution in [-0.2, 0) is 19.0 Å². The number of cyclic esters (lactones) is 1. The average molecular weight is 451 g/mol. The van der Waals surface area contributed by atoms with E-state index in [9.17, 15) is 4.79 Å². The van der Waals surface area contributed by atoms with Crippen molar-refractivity contribution in [3.8, 4) is 0 Å². The van der Waals surface area contributed by atoms with Crippen LogP contribution in [-0.4, -0.2) is 24.8 Å². The van der Waals surface area contributed by atoms with E-state index in [4.69, 9.17) is 14.2 Å². The summed E-state index contributed by atoms with van der Waals surface area (Å²) in [6.07, 6.45) is -2.16. The van der Waals surface area contributed by atoms with Gasteiger partial charge in [-0.1, -0.05) is 121 Å². The smallest absolute Gasteiger partial charge is 0.338 e. The number of hydrogen-bond donors (Lipinski definition) is 0. The summed E-state index contributed by atoms with van der Waals surface area (Å²) in [5.74, 6) is -0.401. The Balaban J connectivity index is 1.44. The SMILES string of the molecule is O=C1OC[C@H](OC(c2ccccc2)c2ccccc2)[C@H]1OC(c1ccccc1)c1ccccc1. The van der Waals surface area contributed by atoms with E-state index in [0.29, 0.717) is 0 Å². The maximum atomic E-state index is 12.8. The summed E-state index contributed by atoms with van der Waals surface area (Å²) >= 11 is 0. The maximum Gasteiger partial charge on any atom is 0.338 e. The van der Waals surface area contributed by atoms with Gasteiger partial charge in [-0.05, 0) is 22.3 Å². The highest BCUT2D eigenvalue weighted by molar-refractivity contribution is 5.77. The number of rotatable bonds is 8. The molecule has 2 atom stereocenters. The van der Waals surface area contributed by atoms with E-state index in [0.717, 1.165) is 22.3 Å². The summed E-state index contributed by atoms with van der Waals surface area (Å²) in [5, 5.41) is 0. The molecular formula is C30H26O4. The van der Waals surface area contributed by atoms with Crippen molar-refractivity contribution in [3.63, 3.8) is 0 Å². The fraction of sp³-hybridized carbons (Fsp3) is 0.167. The molecule has 4 heteroatoms. The predicted molar refractivity (Wildman–Crippen MR) is 130 cm³/mol. The van der Waals surface area contributed by atoms with Gasteiger partial charge in [0.25, 0.3) is 0 Å². The van der Waals surface area contributed by atoms with Crippen molar-refractivity contribution in [2.45, 2.75) is 24.4 Å². The first-order valence-corrected chi connectivity index (χ1v) is 11.5. The zero-order chi connectivity index (χ0) is 23.2.